The predicted molar refractivity (Wildman–Crippen MR) is 112 cm³/mol. The molecule has 10 heteroatoms. The lowest BCUT2D eigenvalue weighted by molar-refractivity contribution is 0.454. The van der Waals surface area contributed by atoms with E-state index < -0.39 is 10.0 Å². The smallest absolute Gasteiger partial charge is 0.213 e. The van der Waals surface area contributed by atoms with Gasteiger partial charge in [-0.2, -0.15) is 0 Å². The lowest BCUT2D eigenvalue weighted by atomic mass is 10.0. The van der Waals surface area contributed by atoms with E-state index in [0.717, 1.165) is 29.9 Å². The first-order chi connectivity index (χ1) is 13.9. The van der Waals surface area contributed by atoms with Crippen LogP contribution >= 0.6 is 0 Å². The van der Waals surface area contributed by atoms with Crippen LogP contribution in [0.1, 0.15) is 6.92 Å². The van der Waals surface area contributed by atoms with E-state index in [2.05, 4.69) is 19.9 Å². The number of aromatic amines is 1. The Kier molecular flexibility index (Phi) is 4.21. The third-order valence-corrected chi connectivity index (χ3v) is 7.75. The summed E-state index contributed by atoms with van der Waals surface area (Å²) in [5.41, 5.74) is 8.39. The van der Waals surface area contributed by atoms with Crippen LogP contribution in [0.15, 0.2) is 30.5 Å². The second kappa shape index (κ2) is 6.67. The number of nitrogens with two attached hydrogens (primary N) is 1. The van der Waals surface area contributed by atoms with Gasteiger partial charge in [-0.25, -0.2) is 27.7 Å². The first-order valence-electron chi connectivity index (χ1n) is 9.75. The van der Waals surface area contributed by atoms with Crippen LogP contribution in [0, 0.1) is 11.8 Å². The number of benzene rings is 1. The summed E-state index contributed by atoms with van der Waals surface area (Å²) in [6.07, 6.45) is 1.68. The highest BCUT2D eigenvalue weighted by atomic mass is 32.2. The molecule has 0 aliphatic carbocycles. The molecule has 0 radical (unpaired) electrons. The molecule has 0 spiro atoms. The summed E-state index contributed by atoms with van der Waals surface area (Å²) in [5, 5.41) is 0. The fraction of sp³-hybridized carbons (Fsp3) is 0.421. The van der Waals surface area contributed by atoms with Crippen molar-refractivity contribution in [1.82, 2.24) is 24.2 Å². The minimum atomic E-state index is -3.13. The van der Waals surface area contributed by atoms with Crippen molar-refractivity contribution in [3.8, 4) is 11.5 Å². The van der Waals surface area contributed by atoms with Crippen LogP contribution in [0.25, 0.3) is 22.6 Å². The van der Waals surface area contributed by atoms with Crippen molar-refractivity contribution in [3.05, 3.63) is 30.5 Å². The van der Waals surface area contributed by atoms with Gasteiger partial charge in [0, 0.05) is 26.2 Å². The van der Waals surface area contributed by atoms with E-state index in [1.54, 1.807) is 17.4 Å². The van der Waals surface area contributed by atoms with Crippen molar-refractivity contribution in [3.63, 3.8) is 0 Å². The zero-order valence-electron chi connectivity index (χ0n) is 16.1. The van der Waals surface area contributed by atoms with E-state index >= 15 is 0 Å². The van der Waals surface area contributed by atoms with Crippen LogP contribution in [0.2, 0.25) is 0 Å². The number of imidazole rings is 1. The summed E-state index contributed by atoms with van der Waals surface area (Å²) in [4.78, 5) is 19.1. The summed E-state index contributed by atoms with van der Waals surface area (Å²) in [7, 11) is -3.13. The maximum absolute atomic E-state index is 12.2. The highest BCUT2D eigenvalue weighted by Gasteiger charge is 2.43. The molecular weight excluding hydrogens is 390 g/mol. The molecule has 2 unspecified atom stereocenters. The van der Waals surface area contributed by atoms with Gasteiger partial charge in [0.25, 0.3) is 0 Å². The van der Waals surface area contributed by atoms with Crippen LogP contribution < -0.4 is 10.6 Å². The summed E-state index contributed by atoms with van der Waals surface area (Å²) >= 11 is 0. The molecule has 0 amide bonds. The maximum atomic E-state index is 12.2. The van der Waals surface area contributed by atoms with Crippen LogP contribution in [0.5, 0.6) is 0 Å². The molecule has 0 bridgehead atoms. The molecule has 9 nitrogen and oxygen atoms in total. The van der Waals surface area contributed by atoms with Gasteiger partial charge in [-0.1, -0.05) is 12.1 Å². The van der Waals surface area contributed by atoms with Crippen LogP contribution in [-0.2, 0) is 10.0 Å². The number of nitrogens with one attached hydrogen (secondary N) is 1. The van der Waals surface area contributed by atoms with Gasteiger partial charge in [0.1, 0.15) is 5.82 Å². The van der Waals surface area contributed by atoms with Gasteiger partial charge in [-0.15, -0.1) is 0 Å². The van der Waals surface area contributed by atoms with Gasteiger partial charge in [-0.3, -0.25) is 0 Å². The van der Waals surface area contributed by atoms with Crippen molar-refractivity contribution < 1.29 is 8.42 Å². The Bertz CT molecular complexity index is 1130. The summed E-state index contributed by atoms with van der Waals surface area (Å²) in [5.74, 6) is 2.44. The van der Waals surface area contributed by atoms with Gasteiger partial charge in [0.15, 0.2) is 17.3 Å². The number of aromatic nitrogens is 4. The molecule has 5 rings (SSSR count). The number of para-hydroxylation sites is 2. The van der Waals surface area contributed by atoms with E-state index in [-0.39, 0.29) is 5.75 Å². The maximum Gasteiger partial charge on any atom is 0.213 e. The molecule has 2 aliphatic heterocycles. The first-order valence-corrected chi connectivity index (χ1v) is 11.4. The number of nitrogens with zero attached hydrogens (tertiary/aromatic N) is 5. The van der Waals surface area contributed by atoms with Crippen LogP contribution in [0.4, 0.5) is 11.6 Å². The predicted octanol–water partition coefficient (Wildman–Crippen LogP) is 1.32. The van der Waals surface area contributed by atoms with Gasteiger partial charge in [-0.05, 0) is 30.9 Å². The lowest BCUT2D eigenvalue weighted by Gasteiger charge is -2.22. The summed E-state index contributed by atoms with van der Waals surface area (Å²) in [6, 6.07) is 7.77. The molecule has 29 heavy (non-hydrogen) atoms. The number of fused-ring (bicyclic) bond motifs is 2. The molecule has 152 valence electrons. The average Bonchev–Trinajstić information content (AvgIpc) is 3.41. The number of H-pyrrole nitrogens is 1. The van der Waals surface area contributed by atoms with Gasteiger partial charge < -0.3 is 15.6 Å². The molecule has 1 aromatic carbocycles. The molecule has 2 saturated heterocycles. The number of nitrogen functional groups attached to an aromatic ring is 1. The van der Waals surface area contributed by atoms with E-state index in [9.17, 15) is 8.42 Å². The molecule has 0 saturated carbocycles. The van der Waals surface area contributed by atoms with E-state index in [4.69, 9.17) is 10.7 Å². The van der Waals surface area contributed by atoms with Crippen LogP contribution in [-0.4, -0.2) is 64.6 Å². The monoisotopic (exact) mass is 413 g/mol. The van der Waals surface area contributed by atoms with Crippen molar-refractivity contribution in [2.75, 3.05) is 42.6 Å². The van der Waals surface area contributed by atoms with E-state index in [1.165, 1.54) is 0 Å². The summed E-state index contributed by atoms with van der Waals surface area (Å²) in [6.45, 7) is 4.38. The van der Waals surface area contributed by atoms with Gasteiger partial charge in [0.05, 0.1) is 23.0 Å². The van der Waals surface area contributed by atoms with Crippen molar-refractivity contribution in [2.24, 2.45) is 11.8 Å². The van der Waals surface area contributed by atoms with Crippen molar-refractivity contribution >= 4 is 32.7 Å². The lowest BCUT2D eigenvalue weighted by Crippen LogP contribution is -2.34. The Morgan fingerprint density at radius 3 is 2.55 bits per heavy atom. The molecule has 2 aromatic heterocycles. The largest absolute Gasteiger partial charge is 0.382 e. The average molecular weight is 414 g/mol. The van der Waals surface area contributed by atoms with E-state index in [0.29, 0.717) is 42.3 Å². The fourth-order valence-electron chi connectivity index (χ4n) is 4.33. The Morgan fingerprint density at radius 1 is 1.14 bits per heavy atom. The number of anilines is 2. The third kappa shape index (κ3) is 3.12. The highest BCUT2D eigenvalue weighted by molar-refractivity contribution is 7.89. The van der Waals surface area contributed by atoms with Crippen molar-refractivity contribution in [2.45, 2.75) is 6.92 Å². The number of sulfonamides is 1. The molecule has 2 atom stereocenters. The third-order valence-electron chi connectivity index (χ3n) is 5.94. The molecule has 4 heterocycles. The topological polar surface area (TPSA) is 121 Å². The Morgan fingerprint density at radius 2 is 1.86 bits per heavy atom. The highest BCUT2D eigenvalue weighted by Crippen LogP contribution is 2.35. The number of hydrogen-bond acceptors (Lipinski definition) is 7. The zero-order valence-corrected chi connectivity index (χ0v) is 16.9. The normalized spacial score (nSPS) is 22.4. The molecule has 2 fully saturated rings. The Labute approximate surface area is 169 Å². The SMILES string of the molecule is CCS(=O)(=O)N1CC2CN(c3cnc(N)c(-c4nc5ccccc5[nH]4)n3)CC2C1. The van der Waals surface area contributed by atoms with Crippen LogP contribution in [0.3, 0.4) is 0 Å². The van der Waals surface area contributed by atoms with E-state index in [1.807, 2.05) is 24.3 Å². The quantitative estimate of drug-likeness (QED) is 0.661. The van der Waals surface area contributed by atoms with Gasteiger partial charge in [0.2, 0.25) is 10.0 Å². The van der Waals surface area contributed by atoms with Crippen molar-refractivity contribution in [1.29, 1.82) is 0 Å². The molecular formula is C19H23N7O2S. The zero-order chi connectivity index (χ0) is 20.2. The molecule has 3 aromatic rings. The second-order valence-corrected chi connectivity index (χ2v) is 9.96. The number of rotatable bonds is 4. The minimum Gasteiger partial charge on any atom is -0.382 e. The Balaban J connectivity index is 1.39. The first kappa shape index (κ1) is 18.3. The van der Waals surface area contributed by atoms with Gasteiger partial charge >= 0.3 is 0 Å². The molecule has 3 N–H and O–H groups in total. The fourth-order valence-corrected chi connectivity index (χ4v) is 5.53. The number of hydrogen-bond donors (Lipinski definition) is 2. The second-order valence-electron chi connectivity index (χ2n) is 7.71. The standard InChI is InChI=1S/C19H23N7O2S/c1-2-29(27,28)26-10-12-8-25(9-13(12)11-26)16-7-21-18(20)17(24-16)19-22-14-5-3-4-6-15(14)23-19/h3-7,12-13H,2,8-11H2,1H3,(H2,20,21)(H,22,23). The molecule has 2 aliphatic rings. The summed E-state index contributed by atoms with van der Waals surface area (Å²) < 4.78 is 26.0. The Hall–Kier alpha value is -2.72. The minimum absolute atomic E-state index is 0.153.